The van der Waals surface area contributed by atoms with Gasteiger partial charge in [-0.25, -0.2) is 4.39 Å². The first-order valence-electron chi connectivity index (χ1n) is 10.1. The highest BCUT2D eigenvalue weighted by Crippen LogP contribution is 2.35. The van der Waals surface area contributed by atoms with Gasteiger partial charge in [0.2, 0.25) is 5.88 Å². The number of aromatic hydroxyl groups is 2. The van der Waals surface area contributed by atoms with Crippen LogP contribution in [-0.2, 0) is 16.1 Å². The average Bonchev–Trinajstić information content (AvgIpc) is 3.32. The van der Waals surface area contributed by atoms with Crippen LogP contribution < -0.4 is 10.6 Å². The lowest BCUT2D eigenvalue weighted by Crippen LogP contribution is -2.13. The number of carbonyl (C=O) groups is 2. The topological polar surface area (TPSA) is 129 Å². The van der Waals surface area contributed by atoms with Crippen molar-refractivity contribution in [1.29, 1.82) is 0 Å². The van der Waals surface area contributed by atoms with Crippen LogP contribution in [-0.4, -0.2) is 45.3 Å². The minimum Gasteiger partial charge on any atom is -0.494 e. The summed E-state index contributed by atoms with van der Waals surface area (Å²) in [5.74, 6) is -1.85. The number of methoxy groups -OCH3 is 1. The van der Waals surface area contributed by atoms with Crippen molar-refractivity contribution in [3.63, 3.8) is 0 Å². The molecule has 1 aliphatic heterocycles. The molecule has 0 bridgehead atoms. The third-order valence-corrected chi connectivity index (χ3v) is 5.57. The van der Waals surface area contributed by atoms with E-state index in [0.717, 1.165) is 0 Å². The smallest absolute Gasteiger partial charge is 0.257 e. The Morgan fingerprint density at radius 3 is 2.76 bits per heavy atom. The third-order valence-electron chi connectivity index (χ3n) is 5.57. The highest BCUT2D eigenvalue weighted by Gasteiger charge is 2.26. The number of amides is 2. The van der Waals surface area contributed by atoms with Crippen molar-refractivity contribution >= 4 is 34.8 Å². The van der Waals surface area contributed by atoms with E-state index in [1.165, 1.54) is 35.9 Å². The number of nitrogens with zero attached hydrogens (tertiary/aromatic N) is 1. The first-order chi connectivity index (χ1) is 15.7. The highest BCUT2D eigenvalue weighted by molar-refractivity contribution is 6.35. The Labute approximate surface area is 188 Å². The van der Waals surface area contributed by atoms with Crippen LogP contribution in [0.4, 0.5) is 15.8 Å². The second-order valence-corrected chi connectivity index (χ2v) is 7.70. The van der Waals surface area contributed by atoms with Crippen LogP contribution in [0.5, 0.6) is 11.8 Å². The Morgan fingerprint density at radius 1 is 1.27 bits per heavy atom. The molecule has 0 fully saturated rings. The summed E-state index contributed by atoms with van der Waals surface area (Å²) in [5.41, 5.74) is 3.23. The second-order valence-electron chi connectivity index (χ2n) is 7.70. The number of aromatic nitrogens is 2. The number of hydrogen-bond acceptors (Lipinski definition) is 5. The van der Waals surface area contributed by atoms with Gasteiger partial charge in [0, 0.05) is 35.8 Å². The maximum absolute atomic E-state index is 13.7. The van der Waals surface area contributed by atoms with E-state index >= 15 is 0 Å². The molecule has 3 aromatic rings. The van der Waals surface area contributed by atoms with Crippen LogP contribution in [0.3, 0.4) is 0 Å². The fourth-order valence-electron chi connectivity index (χ4n) is 3.91. The standard InChI is InChI=1S/C23H23FN4O5/c1-11-17(9-15-14-8-13(24)4-5-16(14)26-21(15)30)25-12(2)20(11)22(31)27-18-10-19(29)28(23(18)32)6-7-33-3/h4-5,8-10,25,29,32H,6-7H2,1-3H3,(H,26,30)(H,27,31)/b15-9-. The first-order valence-corrected chi connectivity index (χ1v) is 10.1. The quantitative estimate of drug-likeness (QED) is 0.365. The van der Waals surface area contributed by atoms with Crippen molar-refractivity contribution in [2.24, 2.45) is 0 Å². The van der Waals surface area contributed by atoms with Crippen molar-refractivity contribution in [3.05, 3.63) is 58.2 Å². The Hall–Kier alpha value is -4.05. The summed E-state index contributed by atoms with van der Waals surface area (Å²) in [6.45, 7) is 3.88. The van der Waals surface area contributed by atoms with Gasteiger partial charge in [0.1, 0.15) is 11.5 Å². The van der Waals surface area contributed by atoms with Gasteiger partial charge in [-0.2, -0.15) is 0 Å². The van der Waals surface area contributed by atoms with Crippen LogP contribution in [0, 0.1) is 19.7 Å². The molecule has 9 nitrogen and oxygen atoms in total. The van der Waals surface area contributed by atoms with E-state index in [-0.39, 0.29) is 42.1 Å². The number of fused-ring (bicyclic) bond motifs is 1. The van der Waals surface area contributed by atoms with Gasteiger partial charge in [-0.1, -0.05) is 0 Å². The summed E-state index contributed by atoms with van der Waals surface area (Å²) in [6, 6.07) is 5.29. The van der Waals surface area contributed by atoms with E-state index in [9.17, 15) is 24.2 Å². The molecular formula is C23H23FN4O5. The summed E-state index contributed by atoms with van der Waals surface area (Å²) in [5, 5.41) is 25.7. The number of H-pyrrole nitrogens is 1. The van der Waals surface area contributed by atoms with Crippen molar-refractivity contribution in [1.82, 2.24) is 9.55 Å². The summed E-state index contributed by atoms with van der Waals surface area (Å²) in [4.78, 5) is 28.5. The van der Waals surface area contributed by atoms with E-state index in [0.29, 0.717) is 33.8 Å². The first kappa shape index (κ1) is 22.2. The van der Waals surface area contributed by atoms with Crippen molar-refractivity contribution in [2.75, 3.05) is 24.4 Å². The van der Waals surface area contributed by atoms with Gasteiger partial charge in [-0.15, -0.1) is 0 Å². The number of halogens is 1. The largest absolute Gasteiger partial charge is 0.494 e. The fraction of sp³-hybridized carbons (Fsp3) is 0.217. The van der Waals surface area contributed by atoms with Gasteiger partial charge < -0.3 is 30.6 Å². The number of benzene rings is 1. The van der Waals surface area contributed by atoms with Gasteiger partial charge in [-0.05, 0) is 43.7 Å². The Morgan fingerprint density at radius 2 is 2.03 bits per heavy atom. The number of hydrogen-bond donors (Lipinski definition) is 5. The maximum Gasteiger partial charge on any atom is 0.257 e. The number of aromatic amines is 1. The highest BCUT2D eigenvalue weighted by atomic mass is 19.1. The van der Waals surface area contributed by atoms with Crippen molar-refractivity contribution < 1.29 is 28.9 Å². The lowest BCUT2D eigenvalue weighted by atomic mass is 10.0. The second kappa shape index (κ2) is 8.47. The molecule has 0 aliphatic carbocycles. The molecule has 2 amide bonds. The normalized spacial score (nSPS) is 13.9. The summed E-state index contributed by atoms with van der Waals surface area (Å²) >= 11 is 0. The SMILES string of the molecule is COCCn1c(O)cc(NC(=O)c2c(C)[nH]c(/C=C3\C(=O)Nc4ccc(F)cc43)c2C)c1O. The molecule has 2 aromatic heterocycles. The molecule has 172 valence electrons. The summed E-state index contributed by atoms with van der Waals surface area (Å²) in [7, 11) is 1.49. The number of rotatable bonds is 6. The number of ether oxygens (including phenoxy) is 1. The lowest BCUT2D eigenvalue weighted by Gasteiger charge is -2.07. The number of aryl methyl sites for hydroxylation is 1. The molecule has 33 heavy (non-hydrogen) atoms. The van der Waals surface area contributed by atoms with Gasteiger partial charge in [-0.3, -0.25) is 14.2 Å². The van der Waals surface area contributed by atoms with Gasteiger partial charge in [0.15, 0.2) is 5.88 Å². The summed E-state index contributed by atoms with van der Waals surface area (Å²) in [6.07, 6.45) is 1.57. The zero-order valence-corrected chi connectivity index (χ0v) is 18.2. The Kier molecular flexibility index (Phi) is 5.69. The molecule has 1 aromatic carbocycles. The van der Waals surface area contributed by atoms with Crippen LogP contribution in [0.15, 0.2) is 24.3 Å². The average molecular weight is 454 g/mol. The predicted octanol–water partition coefficient (Wildman–Crippen LogP) is 3.37. The number of nitrogens with one attached hydrogen (secondary N) is 3. The monoisotopic (exact) mass is 454 g/mol. The summed E-state index contributed by atoms with van der Waals surface area (Å²) < 4.78 is 19.9. The third kappa shape index (κ3) is 3.96. The fourth-order valence-corrected chi connectivity index (χ4v) is 3.91. The molecule has 0 saturated carbocycles. The van der Waals surface area contributed by atoms with Gasteiger partial charge in [0.05, 0.1) is 24.3 Å². The number of anilines is 2. The lowest BCUT2D eigenvalue weighted by molar-refractivity contribution is -0.110. The zero-order valence-electron chi connectivity index (χ0n) is 18.2. The van der Waals surface area contributed by atoms with Gasteiger partial charge >= 0.3 is 0 Å². The minimum atomic E-state index is -0.507. The molecule has 10 heteroatoms. The van der Waals surface area contributed by atoms with E-state index in [1.807, 2.05) is 0 Å². The predicted molar refractivity (Wildman–Crippen MR) is 121 cm³/mol. The zero-order chi connectivity index (χ0) is 23.9. The Bertz CT molecular complexity index is 1300. The molecule has 4 rings (SSSR count). The Balaban J connectivity index is 1.64. The molecule has 0 saturated heterocycles. The maximum atomic E-state index is 13.7. The van der Waals surface area contributed by atoms with E-state index < -0.39 is 11.7 Å². The van der Waals surface area contributed by atoms with Crippen LogP contribution in [0.25, 0.3) is 11.6 Å². The van der Waals surface area contributed by atoms with Crippen LogP contribution in [0.1, 0.15) is 32.9 Å². The molecule has 0 atom stereocenters. The molecular weight excluding hydrogens is 431 g/mol. The minimum absolute atomic E-state index is 0.0491. The van der Waals surface area contributed by atoms with E-state index in [4.69, 9.17) is 4.74 Å². The molecule has 0 radical (unpaired) electrons. The van der Waals surface area contributed by atoms with Gasteiger partial charge in [0.25, 0.3) is 11.8 Å². The molecule has 0 spiro atoms. The molecule has 1 aliphatic rings. The van der Waals surface area contributed by atoms with E-state index in [1.54, 1.807) is 19.9 Å². The molecule has 3 heterocycles. The van der Waals surface area contributed by atoms with E-state index in [2.05, 4.69) is 15.6 Å². The molecule has 5 N–H and O–H groups in total. The van der Waals surface area contributed by atoms with Crippen molar-refractivity contribution in [3.8, 4) is 11.8 Å². The molecule has 0 unspecified atom stereocenters. The number of carbonyl (C=O) groups excluding carboxylic acids is 2. The van der Waals surface area contributed by atoms with Crippen LogP contribution in [0.2, 0.25) is 0 Å². The van der Waals surface area contributed by atoms with Crippen LogP contribution >= 0.6 is 0 Å². The van der Waals surface area contributed by atoms with Crippen molar-refractivity contribution in [2.45, 2.75) is 20.4 Å².